The maximum Gasteiger partial charge on any atom is 0.267 e. The smallest absolute Gasteiger partial charge is 0.267 e. The van der Waals surface area contributed by atoms with E-state index < -0.39 is 58.1 Å². The predicted molar refractivity (Wildman–Crippen MR) is 150 cm³/mol. The zero-order chi connectivity index (χ0) is 30.5. The summed E-state index contributed by atoms with van der Waals surface area (Å²) in [5.74, 6) is -12.2. The molecule has 4 aromatic carbocycles. The second-order valence-corrected chi connectivity index (χ2v) is 10.2. The summed E-state index contributed by atoms with van der Waals surface area (Å²) in [4.78, 5) is 14.5. The Bertz CT molecular complexity index is 1750. The molecule has 0 unspecified atom stereocenters. The average molecular weight is 591 g/mol. The summed E-state index contributed by atoms with van der Waals surface area (Å²) in [5.41, 5.74) is -1.82. The highest BCUT2D eigenvalue weighted by Crippen LogP contribution is 2.54. The van der Waals surface area contributed by atoms with Gasteiger partial charge >= 0.3 is 0 Å². The first kappa shape index (κ1) is 28.3. The van der Waals surface area contributed by atoms with Crippen LogP contribution in [0.1, 0.15) is 29.0 Å². The molecule has 0 saturated heterocycles. The Labute approximate surface area is 243 Å². The number of carbonyl (C=O) groups is 1. The van der Waals surface area contributed by atoms with E-state index in [0.29, 0.717) is 16.9 Å². The second-order valence-electron chi connectivity index (χ2n) is 10.2. The number of halogens is 5. The van der Waals surface area contributed by atoms with E-state index >= 15 is 8.78 Å². The monoisotopic (exact) mass is 590 g/mol. The van der Waals surface area contributed by atoms with Gasteiger partial charge in [0.25, 0.3) is 5.91 Å². The molecule has 4 aromatic rings. The number of methoxy groups -OCH3 is 1. The van der Waals surface area contributed by atoms with E-state index in [1.807, 2.05) is 12.1 Å². The lowest BCUT2D eigenvalue weighted by Gasteiger charge is -2.41. The quantitative estimate of drug-likeness (QED) is 0.159. The molecule has 10 heteroatoms. The number of hydrogen-bond acceptors (Lipinski definition) is 4. The molecule has 3 atom stereocenters. The van der Waals surface area contributed by atoms with Crippen LogP contribution in [0.2, 0.25) is 0 Å². The van der Waals surface area contributed by atoms with Crippen molar-refractivity contribution in [1.29, 1.82) is 0 Å². The predicted octanol–water partition coefficient (Wildman–Crippen LogP) is 6.76. The molecule has 5 nitrogen and oxygen atoms in total. The Morgan fingerprint density at radius 1 is 0.791 bits per heavy atom. The van der Waals surface area contributed by atoms with Crippen LogP contribution < -0.4 is 9.75 Å². The van der Waals surface area contributed by atoms with Crippen molar-refractivity contribution in [3.05, 3.63) is 137 Å². The lowest BCUT2D eigenvalue weighted by Crippen LogP contribution is -2.52. The standard InChI is InChI=1S/C33H23F5N2O3/c1-43-22-14-12-18(13-15-22)21-16-23(19-8-4-2-5-9-19)33(24(41)17-21)31(20-10-6-3-7-11-20)39-40(32(33)42)30-28(37)26(35)25(34)27(36)29(30)38/h2-16,21,24,41H,17H2,1H3/t21-,24-,33+/m0/s1. The Hall–Kier alpha value is -4.83. The van der Waals surface area contributed by atoms with E-state index in [9.17, 15) is 23.1 Å². The van der Waals surface area contributed by atoms with Crippen LogP contribution >= 0.6 is 0 Å². The van der Waals surface area contributed by atoms with Crippen molar-refractivity contribution in [2.75, 3.05) is 12.1 Å². The summed E-state index contributed by atoms with van der Waals surface area (Å²) in [6, 6.07) is 23.9. The molecule has 0 aromatic heterocycles. The number of amides is 1. The van der Waals surface area contributed by atoms with E-state index in [4.69, 9.17) is 4.74 Å². The maximum absolute atomic E-state index is 15.1. The molecule has 1 N–H and O–H groups in total. The molecule has 1 amide bonds. The molecule has 2 aliphatic rings. The SMILES string of the molecule is COc1ccc([C@H]2C=C(c3ccccc3)[C@@]3(C(=O)N(c4c(F)c(F)c(F)c(F)c4F)N=C3c3ccccc3)[C@@H](O)C2)cc1. The normalized spacial score (nSPS) is 21.7. The first-order valence-electron chi connectivity index (χ1n) is 13.3. The summed E-state index contributed by atoms with van der Waals surface area (Å²) in [7, 11) is 1.53. The zero-order valence-corrected chi connectivity index (χ0v) is 22.6. The molecule has 0 radical (unpaired) electrons. The van der Waals surface area contributed by atoms with Crippen LogP contribution in [0.25, 0.3) is 5.57 Å². The molecule has 0 bridgehead atoms. The van der Waals surface area contributed by atoms with Crippen LogP contribution in [-0.2, 0) is 4.79 Å². The van der Waals surface area contributed by atoms with E-state index in [1.165, 1.54) is 7.11 Å². The molecule has 218 valence electrons. The highest BCUT2D eigenvalue weighted by atomic mass is 19.2. The summed E-state index contributed by atoms with van der Waals surface area (Å²) in [5, 5.41) is 16.4. The number of rotatable bonds is 5. The first-order chi connectivity index (χ1) is 20.7. The van der Waals surface area contributed by atoms with Crippen molar-refractivity contribution in [1.82, 2.24) is 0 Å². The lowest BCUT2D eigenvalue weighted by atomic mass is 9.61. The molecule has 1 aliphatic carbocycles. The van der Waals surface area contributed by atoms with Gasteiger partial charge in [-0.05, 0) is 40.8 Å². The van der Waals surface area contributed by atoms with Crippen molar-refractivity contribution in [2.24, 2.45) is 10.5 Å². The van der Waals surface area contributed by atoms with Crippen LogP contribution in [-0.4, -0.2) is 29.9 Å². The molecular weight excluding hydrogens is 567 g/mol. The van der Waals surface area contributed by atoms with Gasteiger partial charge in [-0.3, -0.25) is 4.79 Å². The summed E-state index contributed by atoms with van der Waals surface area (Å²) in [6.45, 7) is 0. The van der Waals surface area contributed by atoms with Gasteiger partial charge in [-0.1, -0.05) is 78.9 Å². The number of benzene rings is 4. The van der Waals surface area contributed by atoms with E-state index in [2.05, 4.69) is 5.10 Å². The van der Waals surface area contributed by atoms with Crippen molar-refractivity contribution in [3.8, 4) is 5.75 Å². The second kappa shape index (κ2) is 10.8. The third-order valence-electron chi connectivity index (χ3n) is 7.95. The van der Waals surface area contributed by atoms with E-state index in [1.54, 1.807) is 78.9 Å². The summed E-state index contributed by atoms with van der Waals surface area (Å²) in [6.07, 6.45) is 0.227. The van der Waals surface area contributed by atoms with Crippen LogP contribution in [0.4, 0.5) is 27.6 Å². The minimum absolute atomic E-state index is 0.0226. The Balaban J connectivity index is 1.63. The van der Waals surface area contributed by atoms with Crippen molar-refractivity contribution in [3.63, 3.8) is 0 Å². The molecule has 0 saturated carbocycles. The van der Waals surface area contributed by atoms with Crippen LogP contribution in [0.3, 0.4) is 0 Å². The zero-order valence-electron chi connectivity index (χ0n) is 22.6. The van der Waals surface area contributed by atoms with Crippen molar-refractivity contribution >= 4 is 22.9 Å². The number of anilines is 1. The Morgan fingerprint density at radius 2 is 1.33 bits per heavy atom. The molecular formula is C33H23F5N2O3. The fraction of sp³-hybridized carbons (Fsp3) is 0.152. The molecule has 43 heavy (non-hydrogen) atoms. The van der Waals surface area contributed by atoms with Gasteiger partial charge in [-0.25, -0.2) is 22.0 Å². The minimum atomic E-state index is -2.36. The molecule has 1 aliphatic heterocycles. The van der Waals surface area contributed by atoms with E-state index in [0.717, 1.165) is 5.56 Å². The number of aliphatic hydroxyl groups excluding tert-OH is 1. The third-order valence-corrected chi connectivity index (χ3v) is 7.95. The number of allylic oxidation sites excluding steroid dienone is 1. The van der Waals surface area contributed by atoms with Crippen molar-refractivity contribution < 1.29 is 36.6 Å². The van der Waals surface area contributed by atoms with Gasteiger partial charge in [-0.15, -0.1) is 0 Å². The number of hydrazone groups is 1. The minimum Gasteiger partial charge on any atom is -0.497 e. The number of aliphatic hydroxyl groups is 1. The van der Waals surface area contributed by atoms with Crippen molar-refractivity contribution in [2.45, 2.75) is 18.4 Å². The van der Waals surface area contributed by atoms with Crippen LogP contribution in [0.5, 0.6) is 5.75 Å². The van der Waals surface area contributed by atoms with Gasteiger partial charge in [0.2, 0.25) is 5.82 Å². The van der Waals surface area contributed by atoms with Gasteiger partial charge in [0.05, 0.1) is 18.9 Å². The summed E-state index contributed by atoms with van der Waals surface area (Å²) >= 11 is 0. The summed E-state index contributed by atoms with van der Waals surface area (Å²) < 4.78 is 78.1. The van der Waals surface area contributed by atoms with E-state index in [-0.39, 0.29) is 22.7 Å². The number of nitrogens with zero attached hydrogens (tertiary/aromatic N) is 2. The third kappa shape index (κ3) is 4.32. The fourth-order valence-corrected chi connectivity index (χ4v) is 5.87. The lowest BCUT2D eigenvalue weighted by molar-refractivity contribution is -0.125. The Kier molecular flexibility index (Phi) is 7.09. The fourth-order valence-electron chi connectivity index (χ4n) is 5.87. The number of hydrogen-bond donors (Lipinski definition) is 1. The van der Waals surface area contributed by atoms with Gasteiger partial charge in [0.15, 0.2) is 23.3 Å². The highest BCUT2D eigenvalue weighted by Gasteiger charge is 2.61. The maximum atomic E-state index is 15.1. The highest BCUT2D eigenvalue weighted by molar-refractivity contribution is 6.32. The van der Waals surface area contributed by atoms with Gasteiger partial charge in [0, 0.05) is 5.92 Å². The number of ether oxygens (including phenoxy) is 1. The van der Waals surface area contributed by atoms with Crippen LogP contribution in [0, 0.1) is 34.5 Å². The molecule has 0 fully saturated rings. The molecule has 1 heterocycles. The topological polar surface area (TPSA) is 62.1 Å². The first-order valence-corrected chi connectivity index (χ1v) is 13.3. The largest absolute Gasteiger partial charge is 0.497 e. The number of carbonyl (C=O) groups excluding carboxylic acids is 1. The molecule has 6 rings (SSSR count). The van der Waals surface area contributed by atoms with Crippen LogP contribution in [0.15, 0.2) is 96.1 Å². The Morgan fingerprint density at radius 3 is 1.88 bits per heavy atom. The van der Waals surface area contributed by atoms with Gasteiger partial charge in [0.1, 0.15) is 16.9 Å². The van der Waals surface area contributed by atoms with Gasteiger partial charge in [-0.2, -0.15) is 10.1 Å². The van der Waals surface area contributed by atoms with Gasteiger partial charge < -0.3 is 9.84 Å². The average Bonchev–Trinajstić information content (AvgIpc) is 3.34. The molecule has 1 spiro atoms.